The molecule has 226 valence electrons. The molecule has 10 rings (SSSR count). The predicted octanol–water partition coefficient (Wildman–Crippen LogP) is 11.5. The summed E-state index contributed by atoms with van der Waals surface area (Å²) in [6.07, 6.45) is 0. The van der Waals surface area contributed by atoms with E-state index in [0.717, 1.165) is 33.2 Å². The number of fused-ring (bicyclic) bond motifs is 11. The molecule has 2 heterocycles. The van der Waals surface area contributed by atoms with E-state index in [-0.39, 0.29) is 5.41 Å². The van der Waals surface area contributed by atoms with Gasteiger partial charge in [0.25, 0.3) is 0 Å². The molecule has 7 aromatic carbocycles. The van der Waals surface area contributed by atoms with Crippen LogP contribution >= 0.6 is 0 Å². The molecule has 0 amide bonds. The van der Waals surface area contributed by atoms with Crippen molar-refractivity contribution in [2.75, 3.05) is 0 Å². The summed E-state index contributed by atoms with van der Waals surface area (Å²) in [5.41, 5.74) is 12.7. The van der Waals surface area contributed by atoms with Crippen LogP contribution in [0.5, 0.6) is 0 Å². The van der Waals surface area contributed by atoms with E-state index in [0.29, 0.717) is 5.95 Å². The van der Waals surface area contributed by atoms with Gasteiger partial charge >= 0.3 is 0 Å². The molecule has 0 radical (unpaired) electrons. The Hall–Kier alpha value is -6.06. The highest BCUT2D eigenvalue weighted by atomic mass is 15.2. The van der Waals surface area contributed by atoms with Crippen LogP contribution in [0.25, 0.3) is 82.9 Å². The molecule has 0 fully saturated rings. The Kier molecular flexibility index (Phi) is 5.63. The minimum absolute atomic E-state index is 0.172. The van der Waals surface area contributed by atoms with Gasteiger partial charge in [-0.3, -0.25) is 4.57 Å². The molecule has 0 N–H and O–H groups in total. The lowest BCUT2D eigenvalue weighted by Crippen LogP contribution is -2.15. The summed E-state index contributed by atoms with van der Waals surface area (Å²) in [5, 5.41) is 6.06. The van der Waals surface area contributed by atoms with Gasteiger partial charge in [0.15, 0.2) is 0 Å². The number of rotatable bonds is 3. The molecule has 9 aromatic rings. The van der Waals surface area contributed by atoms with Gasteiger partial charge in [0.1, 0.15) is 0 Å². The number of hydrogen-bond acceptors (Lipinski definition) is 2. The fourth-order valence-electron chi connectivity index (χ4n) is 8.28. The van der Waals surface area contributed by atoms with Crippen molar-refractivity contribution in [2.45, 2.75) is 19.3 Å². The van der Waals surface area contributed by atoms with Crippen molar-refractivity contribution in [3.63, 3.8) is 0 Å². The second-order valence-electron chi connectivity index (χ2n) is 13.4. The van der Waals surface area contributed by atoms with Gasteiger partial charge in [-0.2, -0.15) is 0 Å². The number of nitrogens with zero attached hydrogens (tertiary/aromatic N) is 3. The third-order valence-corrected chi connectivity index (χ3v) is 10.4. The Balaban J connectivity index is 1.36. The molecule has 0 unspecified atom stereocenters. The molecule has 48 heavy (non-hydrogen) atoms. The van der Waals surface area contributed by atoms with Crippen molar-refractivity contribution in [1.29, 1.82) is 0 Å². The third kappa shape index (κ3) is 3.70. The summed E-state index contributed by atoms with van der Waals surface area (Å²) in [4.78, 5) is 10.8. The van der Waals surface area contributed by atoms with Crippen molar-refractivity contribution < 1.29 is 0 Å². The quantitative estimate of drug-likeness (QED) is 0.198. The summed E-state index contributed by atoms with van der Waals surface area (Å²) in [6, 6.07) is 54.3. The van der Waals surface area contributed by atoms with E-state index in [1.54, 1.807) is 0 Å². The summed E-state index contributed by atoms with van der Waals surface area (Å²) in [6.45, 7) is 4.74. The van der Waals surface area contributed by atoms with Crippen LogP contribution in [0, 0.1) is 0 Å². The van der Waals surface area contributed by atoms with Gasteiger partial charge in [0.05, 0.1) is 22.2 Å². The average Bonchev–Trinajstić information content (AvgIpc) is 3.61. The molecular weight excluding hydrogens is 583 g/mol. The number of aromatic nitrogens is 3. The van der Waals surface area contributed by atoms with E-state index in [9.17, 15) is 0 Å². The van der Waals surface area contributed by atoms with Crippen molar-refractivity contribution in [1.82, 2.24) is 14.5 Å². The molecule has 0 spiro atoms. The highest BCUT2D eigenvalue weighted by Crippen LogP contribution is 2.56. The zero-order chi connectivity index (χ0) is 32.0. The third-order valence-electron chi connectivity index (χ3n) is 10.4. The van der Waals surface area contributed by atoms with E-state index in [4.69, 9.17) is 9.97 Å². The van der Waals surface area contributed by atoms with E-state index in [2.05, 4.69) is 170 Å². The summed E-state index contributed by atoms with van der Waals surface area (Å²) in [5.74, 6) is 0.680. The second-order valence-corrected chi connectivity index (χ2v) is 13.4. The van der Waals surface area contributed by atoms with E-state index >= 15 is 0 Å². The van der Waals surface area contributed by atoms with Crippen LogP contribution in [0.15, 0.2) is 152 Å². The van der Waals surface area contributed by atoms with Crippen molar-refractivity contribution in [2.24, 2.45) is 0 Å². The van der Waals surface area contributed by atoms with Crippen LogP contribution in [0.3, 0.4) is 0 Å². The van der Waals surface area contributed by atoms with Gasteiger partial charge in [-0.05, 0) is 56.8 Å². The molecular formula is C45H31N3. The van der Waals surface area contributed by atoms with Gasteiger partial charge in [-0.15, -0.1) is 0 Å². The number of hydrogen-bond donors (Lipinski definition) is 0. The Morgan fingerprint density at radius 3 is 2.02 bits per heavy atom. The Labute approximate surface area is 278 Å². The van der Waals surface area contributed by atoms with Gasteiger partial charge in [0.2, 0.25) is 5.95 Å². The standard InChI is InChI=1S/C45H31N3/c1-45(2)36-24-11-8-21-33(36)40-41(45)32-20-7-6-19-31(32)39-35-23-10-13-26-38(35)48(43(39)40)44-46-37-25-12-9-22-34(37)42(47-44)30-18-14-17-29(27-30)28-15-4-3-5-16-28/h3-27H,1-2H3. The van der Waals surface area contributed by atoms with Crippen LogP contribution in [-0.4, -0.2) is 14.5 Å². The minimum Gasteiger partial charge on any atom is -0.277 e. The maximum Gasteiger partial charge on any atom is 0.235 e. The van der Waals surface area contributed by atoms with Crippen molar-refractivity contribution in [3.05, 3.63) is 163 Å². The van der Waals surface area contributed by atoms with Crippen molar-refractivity contribution in [3.8, 4) is 39.5 Å². The maximum absolute atomic E-state index is 5.50. The van der Waals surface area contributed by atoms with Gasteiger partial charge in [-0.1, -0.05) is 147 Å². The topological polar surface area (TPSA) is 30.7 Å². The molecule has 0 aliphatic heterocycles. The lowest BCUT2D eigenvalue weighted by Gasteiger charge is -2.23. The smallest absolute Gasteiger partial charge is 0.235 e. The molecule has 2 aromatic heterocycles. The Morgan fingerprint density at radius 1 is 0.521 bits per heavy atom. The van der Waals surface area contributed by atoms with E-state index in [1.807, 2.05) is 0 Å². The lowest BCUT2D eigenvalue weighted by atomic mass is 9.79. The highest BCUT2D eigenvalue weighted by Gasteiger charge is 2.40. The van der Waals surface area contributed by atoms with Crippen molar-refractivity contribution >= 4 is 43.5 Å². The fourth-order valence-corrected chi connectivity index (χ4v) is 8.28. The Morgan fingerprint density at radius 2 is 1.17 bits per heavy atom. The largest absolute Gasteiger partial charge is 0.277 e. The fraction of sp³-hybridized carbons (Fsp3) is 0.0667. The first-order chi connectivity index (χ1) is 23.6. The highest BCUT2D eigenvalue weighted by molar-refractivity contribution is 6.27. The SMILES string of the molecule is CC1(C)c2ccccc2-c2c1c1ccccc1c1c3ccccc3n(-c3nc(-c4cccc(-c5ccccc5)c4)c4ccccc4n3)c21. The molecule has 0 saturated heterocycles. The van der Waals surface area contributed by atoms with Crippen LogP contribution in [0.2, 0.25) is 0 Å². The number of benzene rings is 7. The van der Waals surface area contributed by atoms with Crippen LogP contribution in [0.4, 0.5) is 0 Å². The molecule has 1 aliphatic carbocycles. The molecule has 1 aliphatic rings. The van der Waals surface area contributed by atoms with Crippen LogP contribution in [-0.2, 0) is 5.41 Å². The summed E-state index contributed by atoms with van der Waals surface area (Å²) >= 11 is 0. The van der Waals surface area contributed by atoms with Crippen LogP contribution in [0.1, 0.15) is 25.0 Å². The first kappa shape index (κ1) is 27.1. The van der Waals surface area contributed by atoms with E-state index in [1.165, 1.54) is 54.9 Å². The van der Waals surface area contributed by atoms with E-state index < -0.39 is 0 Å². The van der Waals surface area contributed by atoms with Gasteiger partial charge in [0, 0.05) is 32.7 Å². The lowest BCUT2D eigenvalue weighted by molar-refractivity contribution is 0.666. The average molecular weight is 614 g/mol. The maximum atomic E-state index is 5.50. The van der Waals surface area contributed by atoms with Crippen LogP contribution < -0.4 is 0 Å². The molecule has 0 saturated carbocycles. The zero-order valence-corrected chi connectivity index (χ0v) is 26.8. The summed E-state index contributed by atoms with van der Waals surface area (Å²) < 4.78 is 2.34. The second kappa shape index (κ2) is 9.97. The zero-order valence-electron chi connectivity index (χ0n) is 26.8. The number of para-hydroxylation sites is 2. The molecule has 3 heteroatoms. The minimum atomic E-state index is -0.172. The Bertz CT molecular complexity index is 2750. The molecule has 3 nitrogen and oxygen atoms in total. The normalized spacial score (nSPS) is 13.4. The molecule has 0 bridgehead atoms. The first-order valence-corrected chi connectivity index (χ1v) is 16.6. The monoisotopic (exact) mass is 613 g/mol. The van der Waals surface area contributed by atoms with Gasteiger partial charge in [-0.25, -0.2) is 9.97 Å². The first-order valence-electron chi connectivity index (χ1n) is 16.6. The molecule has 0 atom stereocenters. The van der Waals surface area contributed by atoms with Gasteiger partial charge < -0.3 is 0 Å². The summed E-state index contributed by atoms with van der Waals surface area (Å²) in [7, 11) is 0. The predicted molar refractivity (Wildman–Crippen MR) is 200 cm³/mol.